The second-order valence-electron chi connectivity index (χ2n) is 3.28. The minimum absolute atomic E-state index is 0.0356. The van der Waals surface area contributed by atoms with Gasteiger partial charge in [0.05, 0.1) is 5.02 Å². The maximum absolute atomic E-state index is 12.4. The molecule has 0 radical (unpaired) electrons. The minimum Gasteiger partial charge on any atom is -0.345 e. The van der Waals surface area contributed by atoms with Crippen LogP contribution in [0.1, 0.15) is 0 Å². The molecular formula is C9H10BrClF3N3. The van der Waals surface area contributed by atoms with E-state index in [4.69, 9.17) is 17.3 Å². The SMILES string of the molecule is NCCN(CC(F)(F)F)c1ncc(Br)cc1Cl. The molecule has 1 aromatic rings. The molecule has 3 nitrogen and oxygen atoms in total. The van der Waals surface area contributed by atoms with Crippen LogP contribution in [0.4, 0.5) is 19.0 Å². The zero-order chi connectivity index (χ0) is 13.1. The van der Waals surface area contributed by atoms with Gasteiger partial charge in [-0.15, -0.1) is 0 Å². The Morgan fingerprint density at radius 3 is 2.59 bits per heavy atom. The molecular weight excluding hydrogens is 322 g/mol. The van der Waals surface area contributed by atoms with Crippen LogP contribution < -0.4 is 10.6 Å². The van der Waals surface area contributed by atoms with E-state index < -0.39 is 12.7 Å². The number of anilines is 1. The van der Waals surface area contributed by atoms with E-state index in [0.717, 1.165) is 4.90 Å². The van der Waals surface area contributed by atoms with Gasteiger partial charge in [0.1, 0.15) is 12.4 Å². The topological polar surface area (TPSA) is 42.1 Å². The summed E-state index contributed by atoms with van der Waals surface area (Å²) in [4.78, 5) is 4.88. The van der Waals surface area contributed by atoms with E-state index in [1.54, 1.807) is 0 Å². The van der Waals surface area contributed by atoms with Crippen molar-refractivity contribution in [3.63, 3.8) is 0 Å². The van der Waals surface area contributed by atoms with Crippen molar-refractivity contribution in [1.29, 1.82) is 0 Å². The molecule has 0 atom stereocenters. The first-order chi connectivity index (χ1) is 7.83. The van der Waals surface area contributed by atoms with E-state index in [2.05, 4.69) is 20.9 Å². The van der Waals surface area contributed by atoms with Crippen molar-refractivity contribution in [2.75, 3.05) is 24.5 Å². The Hall–Kier alpha value is -0.530. The van der Waals surface area contributed by atoms with Crippen LogP contribution in [0.2, 0.25) is 5.02 Å². The lowest BCUT2D eigenvalue weighted by molar-refractivity contribution is -0.119. The van der Waals surface area contributed by atoms with Crippen LogP contribution in [0, 0.1) is 0 Å². The molecule has 0 aromatic carbocycles. The normalized spacial score (nSPS) is 11.6. The molecule has 17 heavy (non-hydrogen) atoms. The first-order valence-electron chi connectivity index (χ1n) is 4.66. The lowest BCUT2D eigenvalue weighted by atomic mass is 10.4. The van der Waals surface area contributed by atoms with Gasteiger partial charge in [0.2, 0.25) is 0 Å². The van der Waals surface area contributed by atoms with Gasteiger partial charge in [-0.2, -0.15) is 13.2 Å². The third kappa shape index (κ3) is 4.69. The largest absolute Gasteiger partial charge is 0.405 e. The summed E-state index contributed by atoms with van der Waals surface area (Å²) in [5.41, 5.74) is 5.28. The number of pyridine rings is 1. The Morgan fingerprint density at radius 2 is 2.12 bits per heavy atom. The van der Waals surface area contributed by atoms with E-state index in [1.165, 1.54) is 12.3 Å². The number of nitrogens with zero attached hydrogens (tertiary/aromatic N) is 2. The molecule has 1 aromatic heterocycles. The number of hydrogen-bond donors (Lipinski definition) is 1. The van der Waals surface area contributed by atoms with Gasteiger partial charge in [-0.25, -0.2) is 4.98 Å². The first-order valence-corrected chi connectivity index (χ1v) is 5.83. The lowest BCUT2D eigenvalue weighted by Gasteiger charge is -2.25. The number of halogens is 5. The van der Waals surface area contributed by atoms with Crippen LogP contribution in [0.25, 0.3) is 0 Å². The Kier molecular flexibility index (Phi) is 5.03. The predicted molar refractivity (Wildman–Crippen MR) is 64.3 cm³/mol. The molecule has 0 saturated heterocycles. The zero-order valence-electron chi connectivity index (χ0n) is 8.64. The molecule has 0 aliphatic carbocycles. The molecule has 0 unspecified atom stereocenters. The van der Waals surface area contributed by atoms with Crippen molar-refractivity contribution in [3.05, 3.63) is 21.8 Å². The van der Waals surface area contributed by atoms with E-state index in [-0.39, 0.29) is 23.9 Å². The van der Waals surface area contributed by atoms with Crippen molar-refractivity contribution in [1.82, 2.24) is 4.98 Å². The summed E-state index contributed by atoms with van der Waals surface area (Å²) in [5, 5.41) is 0.150. The highest BCUT2D eigenvalue weighted by atomic mass is 79.9. The van der Waals surface area contributed by atoms with Gasteiger partial charge in [0.15, 0.2) is 0 Å². The number of rotatable bonds is 4. The van der Waals surface area contributed by atoms with Crippen molar-refractivity contribution in [3.8, 4) is 0 Å². The maximum Gasteiger partial charge on any atom is 0.405 e. The quantitative estimate of drug-likeness (QED) is 0.922. The monoisotopic (exact) mass is 331 g/mol. The van der Waals surface area contributed by atoms with Crippen molar-refractivity contribution < 1.29 is 13.2 Å². The summed E-state index contributed by atoms with van der Waals surface area (Å²) in [7, 11) is 0. The Labute approximate surface area is 110 Å². The number of nitrogens with two attached hydrogens (primary N) is 1. The molecule has 0 saturated carbocycles. The lowest BCUT2D eigenvalue weighted by Crippen LogP contribution is -2.38. The van der Waals surface area contributed by atoms with E-state index in [1.807, 2.05) is 0 Å². The second kappa shape index (κ2) is 5.88. The molecule has 0 aliphatic rings. The summed E-state index contributed by atoms with van der Waals surface area (Å²) >= 11 is 8.98. The summed E-state index contributed by atoms with van der Waals surface area (Å²) in [5.74, 6) is 0.0811. The van der Waals surface area contributed by atoms with Crippen LogP contribution in [0.3, 0.4) is 0 Å². The molecule has 96 valence electrons. The summed E-state index contributed by atoms with van der Waals surface area (Å²) < 4.78 is 37.7. The summed E-state index contributed by atoms with van der Waals surface area (Å²) in [6, 6.07) is 1.49. The average molecular weight is 333 g/mol. The van der Waals surface area contributed by atoms with Crippen LogP contribution >= 0.6 is 27.5 Å². The smallest absolute Gasteiger partial charge is 0.345 e. The zero-order valence-corrected chi connectivity index (χ0v) is 11.0. The van der Waals surface area contributed by atoms with Gasteiger partial charge in [0.25, 0.3) is 0 Å². The van der Waals surface area contributed by atoms with Gasteiger partial charge >= 0.3 is 6.18 Å². The van der Waals surface area contributed by atoms with Crippen LogP contribution in [0.15, 0.2) is 16.7 Å². The number of hydrogen-bond acceptors (Lipinski definition) is 3. The van der Waals surface area contributed by atoms with Gasteiger partial charge in [0, 0.05) is 23.8 Å². The van der Waals surface area contributed by atoms with E-state index in [9.17, 15) is 13.2 Å². The second-order valence-corrected chi connectivity index (χ2v) is 4.61. The maximum atomic E-state index is 12.4. The first kappa shape index (κ1) is 14.5. The molecule has 0 fully saturated rings. The molecule has 2 N–H and O–H groups in total. The van der Waals surface area contributed by atoms with Gasteiger partial charge < -0.3 is 10.6 Å². The average Bonchev–Trinajstić information content (AvgIpc) is 2.14. The molecule has 0 spiro atoms. The fourth-order valence-electron chi connectivity index (χ4n) is 1.27. The minimum atomic E-state index is -4.33. The molecule has 0 aliphatic heterocycles. The fraction of sp³-hybridized carbons (Fsp3) is 0.444. The van der Waals surface area contributed by atoms with Crippen molar-refractivity contribution in [2.24, 2.45) is 5.73 Å². The third-order valence-electron chi connectivity index (χ3n) is 1.86. The Bertz CT molecular complexity index is 386. The van der Waals surface area contributed by atoms with E-state index >= 15 is 0 Å². The van der Waals surface area contributed by atoms with Gasteiger partial charge in [-0.3, -0.25) is 0 Å². The van der Waals surface area contributed by atoms with Crippen LogP contribution in [-0.4, -0.2) is 30.8 Å². The fourth-order valence-corrected chi connectivity index (χ4v) is 2.02. The molecule has 1 rings (SSSR count). The highest BCUT2D eigenvalue weighted by molar-refractivity contribution is 9.10. The molecule has 1 heterocycles. The summed E-state index contributed by atoms with van der Waals surface area (Å²) in [6.07, 6.45) is -2.94. The van der Waals surface area contributed by atoms with Gasteiger partial charge in [-0.05, 0) is 22.0 Å². The third-order valence-corrected chi connectivity index (χ3v) is 2.57. The predicted octanol–water partition coefficient (Wildman–Crippen LogP) is 2.82. The highest BCUT2D eigenvalue weighted by Gasteiger charge is 2.31. The van der Waals surface area contributed by atoms with Gasteiger partial charge in [-0.1, -0.05) is 11.6 Å². The molecule has 0 bridgehead atoms. The molecule has 8 heteroatoms. The van der Waals surface area contributed by atoms with E-state index in [0.29, 0.717) is 4.47 Å². The Balaban J connectivity index is 2.97. The number of alkyl halides is 3. The van der Waals surface area contributed by atoms with Crippen LogP contribution in [0.5, 0.6) is 0 Å². The van der Waals surface area contributed by atoms with Crippen molar-refractivity contribution in [2.45, 2.75) is 6.18 Å². The van der Waals surface area contributed by atoms with Crippen molar-refractivity contribution >= 4 is 33.3 Å². The highest BCUT2D eigenvalue weighted by Crippen LogP contribution is 2.28. The van der Waals surface area contributed by atoms with Crippen LogP contribution in [-0.2, 0) is 0 Å². The molecule has 0 amide bonds. The summed E-state index contributed by atoms with van der Waals surface area (Å²) in [6.45, 7) is -1.00. The Morgan fingerprint density at radius 1 is 1.47 bits per heavy atom. The standard InChI is InChI=1S/C9H10BrClF3N3/c10-6-3-7(11)8(16-4-6)17(2-1-15)5-9(12,13)14/h3-4H,1-2,5,15H2. The number of aromatic nitrogens is 1.